The Morgan fingerprint density at radius 2 is 1.70 bits per heavy atom. The van der Waals surface area contributed by atoms with Gasteiger partial charge in [-0.1, -0.05) is 84.1 Å². The van der Waals surface area contributed by atoms with E-state index in [2.05, 4.69) is 38.3 Å². The third-order valence-corrected chi connectivity index (χ3v) is 10.7. The Kier molecular flexibility index (Phi) is 7.30. The lowest BCUT2D eigenvalue weighted by molar-refractivity contribution is -0.145. The highest BCUT2D eigenvalue weighted by molar-refractivity contribution is 6.03. The number of hydrogen-bond acceptors (Lipinski definition) is 4. The van der Waals surface area contributed by atoms with E-state index in [4.69, 9.17) is 4.74 Å². The quantitative estimate of drug-likeness (QED) is 0.481. The van der Waals surface area contributed by atoms with Gasteiger partial charge >= 0.3 is 0 Å². The summed E-state index contributed by atoms with van der Waals surface area (Å²) in [6, 6.07) is 7.23. The van der Waals surface area contributed by atoms with E-state index in [9.17, 15) is 14.4 Å². The van der Waals surface area contributed by atoms with Crippen molar-refractivity contribution in [2.24, 2.45) is 23.7 Å². The second-order valence-corrected chi connectivity index (χ2v) is 13.4. The molecule has 2 N–H and O–H groups in total. The highest BCUT2D eigenvalue weighted by atomic mass is 16.5. The van der Waals surface area contributed by atoms with Crippen LogP contribution in [0.3, 0.4) is 0 Å². The van der Waals surface area contributed by atoms with Crippen LogP contribution in [0.1, 0.15) is 90.5 Å². The fourth-order valence-electron chi connectivity index (χ4n) is 8.18. The molecule has 1 spiro atoms. The predicted octanol–water partition coefficient (Wildman–Crippen LogP) is 5.17. The Balaban J connectivity index is 1.29. The molecular weight excluding hydrogens is 502 g/mol. The summed E-state index contributed by atoms with van der Waals surface area (Å²) in [6.07, 6.45) is 11.6. The first-order valence-corrected chi connectivity index (χ1v) is 15.6. The number of fused-ring (bicyclic) bond motifs is 1. The first-order valence-electron chi connectivity index (χ1n) is 15.6. The second-order valence-electron chi connectivity index (χ2n) is 13.4. The van der Waals surface area contributed by atoms with E-state index >= 15 is 0 Å². The molecule has 3 aliphatic heterocycles. The molecule has 2 saturated carbocycles. The lowest BCUT2D eigenvalue weighted by atomic mass is 9.73. The van der Waals surface area contributed by atoms with Gasteiger partial charge in [0.1, 0.15) is 11.6 Å². The van der Waals surface area contributed by atoms with Crippen LogP contribution in [0.4, 0.5) is 5.69 Å². The Morgan fingerprint density at radius 1 is 0.975 bits per heavy atom. The first kappa shape index (κ1) is 27.5. The third-order valence-electron chi connectivity index (χ3n) is 10.7. The number of hydrogen-bond donors (Lipinski definition) is 2. The van der Waals surface area contributed by atoms with Gasteiger partial charge in [-0.25, -0.2) is 0 Å². The number of anilines is 1. The zero-order valence-corrected chi connectivity index (χ0v) is 24.4. The molecule has 0 radical (unpaired) electrons. The predicted molar refractivity (Wildman–Crippen MR) is 155 cm³/mol. The number of carbonyl (C=O) groups excluding carboxylic acids is 3. The van der Waals surface area contributed by atoms with Gasteiger partial charge in [0, 0.05) is 17.8 Å². The average Bonchev–Trinajstić information content (AvgIpc) is 3.59. The minimum atomic E-state index is -1.10. The zero-order valence-electron chi connectivity index (χ0n) is 24.4. The molecule has 7 nitrogen and oxygen atoms in total. The van der Waals surface area contributed by atoms with Crippen molar-refractivity contribution in [3.63, 3.8) is 0 Å². The fraction of sp³-hybridized carbons (Fsp3) is 0.667. The van der Waals surface area contributed by atoms with E-state index in [-0.39, 0.29) is 29.8 Å². The van der Waals surface area contributed by atoms with Gasteiger partial charge in [-0.2, -0.15) is 0 Å². The van der Waals surface area contributed by atoms with E-state index in [1.807, 2.05) is 41.3 Å². The number of benzene rings is 1. The number of rotatable bonds is 6. The summed E-state index contributed by atoms with van der Waals surface area (Å²) in [5.41, 5.74) is 0.809. The van der Waals surface area contributed by atoms with Crippen LogP contribution >= 0.6 is 0 Å². The summed E-state index contributed by atoms with van der Waals surface area (Å²) in [5.74, 6) is -0.474. The minimum absolute atomic E-state index is 0.00279. The molecule has 40 heavy (non-hydrogen) atoms. The summed E-state index contributed by atoms with van der Waals surface area (Å²) in [5, 5.41) is 6.43. The molecule has 1 aromatic carbocycles. The molecule has 5 aliphatic rings. The molecule has 6 rings (SSSR count). The van der Waals surface area contributed by atoms with E-state index in [1.54, 1.807) is 0 Å². The van der Waals surface area contributed by atoms with Crippen molar-refractivity contribution >= 4 is 23.4 Å². The largest absolute Gasteiger partial charge is 0.359 e. The first-order chi connectivity index (χ1) is 19.2. The highest BCUT2D eigenvalue weighted by Gasteiger charge is 2.73. The molecule has 1 aromatic rings. The fourth-order valence-corrected chi connectivity index (χ4v) is 8.18. The maximum atomic E-state index is 14.3. The molecule has 2 bridgehead atoms. The standard InChI is InChI=1S/C33H45N3O4/c1-19(2)22-13-15-23(16-14-22)34-30(37)27-26-17-18-33(40-26)28(27)32(39)36(24-10-6-5-7-11-24)29(33)31(38)35-25-12-8-9-20(3)21(25)4/h13-21,24-29H,5-12H2,1-4H3,(H,34,37)(H,35,38)/t20-,21-,25-,26-,27+,28-,29-,33-/m1/s1. The van der Waals surface area contributed by atoms with Crippen LogP contribution in [0.5, 0.6) is 0 Å². The number of likely N-dealkylation sites (tertiary alicyclic amines) is 1. The van der Waals surface area contributed by atoms with Crippen LogP contribution in [-0.2, 0) is 19.1 Å². The molecule has 8 atom stereocenters. The summed E-state index contributed by atoms with van der Waals surface area (Å²) in [4.78, 5) is 44.2. The molecule has 3 heterocycles. The van der Waals surface area contributed by atoms with Crippen LogP contribution in [0.2, 0.25) is 0 Å². The van der Waals surface area contributed by atoms with Gasteiger partial charge in [0.25, 0.3) is 0 Å². The van der Waals surface area contributed by atoms with Crippen molar-refractivity contribution in [3.8, 4) is 0 Å². The zero-order chi connectivity index (χ0) is 28.2. The normalized spacial score (nSPS) is 37.2. The van der Waals surface area contributed by atoms with E-state index in [1.165, 1.54) is 12.0 Å². The molecule has 0 aromatic heterocycles. The summed E-state index contributed by atoms with van der Waals surface area (Å²) in [7, 11) is 0. The van der Waals surface area contributed by atoms with Gasteiger partial charge in [-0.15, -0.1) is 0 Å². The monoisotopic (exact) mass is 547 g/mol. The topological polar surface area (TPSA) is 87.7 Å². The van der Waals surface area contributed by atoms with Gasteiger partial charge in [0.2, 0.25) is 17.7 Å². The van der Waals surface area contributed by atoms with Gasteiger partial charge in [0.15, 0.2) is 0 Å². The summed E-state index contributed by atoms with van der Waals surface area (Å²) < 4.78 is 6.57. The van der Waals surface area contributed by atoms with Gasteiger partial charge in [-0.05, 0) is 54.7 Å². The van der Waals surface area contributed by atoms with Crippen molar-refractivity contribution in [2.75, 3.05) is 5.32 Å². The minimum Gasteiger partial charge on any atom is -0.359 e. The smallest absolute Gasteiger partial charge is 0.246 e. The van der Waals surface area contributed by atoms with Gasteiger partial charge < -0.3 is 20.3 Å². The number of nitrogens with one attached hydrogen (secondary N) is 2. The maximum absolute atomic E-state index is 14.3. The lowest BCUT2D eigenvalue weighted by Gasteiger charge is -2.40. The van der Waals surface area contributed by atoms with Crippen LogP contribution in [0.25, 0.3) is 0 Å². The number of ether oxygens (including phenoxy) is 1. The summed E-state index contributed by atoms with van der Waals surface area (Å²) >= 11 is 0. The second kappa shape index (κ2) is 10.6. The van der Waals surface area contributed by atoms with Crippen molar-refractivity contribution < 1.29 is 19.1 Å². The Morgan fingerprint density at radius 3 is 2.40 bits per heavy atom. The van der Waals surface area contributed by atoms with Crippen LogP contribution in [0, 0.1) is 23.7 Å². The maximum Gasteiger partial charge on any atom is 0.246 e. The highest BCUT2D eigenvalue weighted by Crippen LogP contribution is 2.56. The van der Waals surface area contributed by atoms with E-state index < -0.39 is 29.6 Å². The Bertz CT molecular complexity index is 1170. The van der Waals surface area contributed by atoms with Crippen molar-refractivity contribution in [2.45, 2.75) is 115 Å². The van der Waals surface area contributed by atoms with Crippen LogP contribution < -0.4 is 10.6 Å². The van der Waals surface area contributed by atoms with Gasteiger partial charge in [0.05, 0.1) is 17.9 Å². The van der Waals surface area contributed by atoms with Crippen molar-refractivity contribution in [3.05, 3.63) is 42.0 Å². The van der Waals surface area contributed by atoms with Crippen molar-refractivity contribution in [1.82, 2.24) is 10.2 Å². The van der Waals surface area contributed by atoms with Crippen LogP contribution in [0.15, 0.2) is 36.4 Å². The summed E-state index contributed by atoms with van der Waals surface area (Å²) in [6.45, 7) is 8.75. The average molecular weight is 548 g/mol. The molecule has 0 unspecified atom stereocenters. The number of nitrogens with zero attached hydrogens (tertiary/aromatic N) is 1. The molecule has 7 heteroatoms. The number of carbonyl (C=O) groups is 3. The van der Waals surface area contributed by atoms with Crippen molar-refractivity contribution in [1.29, 1.82) is 0 Å². The molecule has 2 saturated heterocycles. The molecular formula is C33H45N3O4. The molecule has 2 aliphatic carbocycles. The SMILES string of the molecule is CC(C)c1ccc(NC(=O)[C@H]2[C@H]3C=C[C@@]4(O3)[C@H]2C(=O)N(C2CCCCC2)[C@@H]4C(=O)N[C@@H]2CCC[C@@H](C)[C@H]2C)cc1. The van der Waals surface area contributed by atoms with Gasteiger partial charge in [-0.3, -0.25) is 14.4 Å². The number of amides is 3. The Hall–Kier alpha value is -2.67. The Labute approximate surface area is 238 Å². The molecule has 216 valence electrons. The van der Waals surface area contributed by atoms with E-state index in [0.29, 0.717) is 23.4 Å². The lowest BCUT2D eigenvalue weighted by Crippen LogP contribution is -2.59. The third kappa shape index (κ3) is 4.49. The molecule has 3 amide bonds. The van der Waals surface area contributed by atoms with E-state index in [0.717, 1.165) is 44.9 Å². The van der Waals surface area contributed by atoms with Crippen LogP contribution in [-0.4, -0.2) is 52.5 Å². The molecule has 4 fully saturated rings.